The SMILES string of the molecule is CC(=O)Nc1ccc(Nc2ccc(-c3ccc(C)c(S(=O)(=O)N4CCCCC4)c3)nn2)cc1. The van der Waals surface area contributed by atoms with Crippen LogP contribution in [0.15, 0.2) is 59.5 Å². The van der Waals surface area contributed by atoms with Gasteiger partial charge in [0.05, 0.1) is 10.6 Å². The number of amides is 1. The topological polar surface area (TPSA) is 104 Å². The Hall–Kier alpha value is -3.30. The number of rotatable bonds is 6. The molecule has 172 valence electrons. The van der Waals surface area contributed by atoms with Crippen molar-refractivity contribution in [2.45, 2.75) is 38.0 Å². The Morgan fingerprint density at radius 2 is 1.61 bits per heavy atom. The van der Waals surface area contributed by atoms with Gasteiger partial charge in [-0.15, -0.1) is 10.2 Å². The summed E-state index contributed by atoms with van der Waals surface area (Å²) in [6.07, 6.45) is 2.86. The first-order chi connectivity index (χ1) is 15.8. The summed E-state index contributed by atoms with van der Waals surface area (Å²) < 4.78 is 28.0. The van der Waals surface area contributed by atoms with Crippen molar-refractivity contribution in [3.8, 4) is 11.3 Å². The van der Waals surface area contributed by atoms with Crippen molar-refractivity contribution >= 4 is 33.1 Å². The Morgan fingerprint density at radius 1 is 0.909 bits per heavy atom. The molecule has 1 aromatic heterocycles. The Bertz CT molecular complexity index is 1240. The number of hydrogen-bond donors (Lipinski definition) is 2. The third kappa shape index (κ3) is 5.37. The van der Waals surface area contributed by atoms with Crippen LogP contribution in [0.2, 0.25) is 0 Å². The number of aryl methyl sites for hydroxylation is 1. The molecule has 0 saturated carbocycles. The highest BCUT2D eigenvalue weighted by Crippen LogP contribution is 2.28. The molecule has 0 aliphatic carbocycles. The van der Waals surface area contributed by atoms with E-state index in [2.05, 4.69) is 20.8 Å². The molecule has 0 bridgehead atoms. The predicted octanol–water partition coefficient (Wildman–Crippen LogP) is 4.33. The Labute approximate surface area is 194 Å². The molecule has 0 radical (unpaired) electrons. The van der Waals surface area contributed by atoms with Crippen LogP contribution in [0.3, 0.4) is 0 Å². The van der Waals surface area contributed by atoms with E-state index < -0.39 is 10.0 Å². The summed E-state index contributed by atoms with van der Waals surface area (Å²) in [7, 11) is -3.54. The van der Waals surface area contributed by atoms with Crippen LogP contribution in [0.25, 0.3) is 11.3 Å². The third-order valence-corrected chi connectivity index (χ3v) is 7.60. The summed E-state index contributed by atoms with van der Waals surface area (Å²) in [5, 5.41) is 14.4. The normalized spacial score (nSPS) is 14.6. The molecule has 2 N–H and O–H groups in total. The number of benzene rings is 2. The van der Waals surface area contributed by atoms with Gasteiger partial charge in [0.2, 0.25) is 15.9 Å². The van der Waals surface area contributed by atoms with Gasteiger partial charge in [0, 0.05) is 37.0 Å². The molecule has 8 nitrogen and oxygen atoms in total. The number of nitrogens with one attached hydrogen (secondary N) is 2. The molecule has 3 aromatic rings. The van der Waals surface area contributed by atoms with Crippen LogP contribution in [0.4, 0.5) is 17.2 Å². The minimum absolute atomic E-state index is 0.125. The molecule has 1 aliphatic rings. The van der Waals surface area contributed by atoms with Crippen LogP contribution < -0.4 is 10.6 Å². The van der Waals surface area contributed by atoms with Crippen molar-refractivity contribution in [3.05, 3.63) is 60.2 Å². The number of piperidine rings is 1. The highest BCUT2D eigenvalue weighted by molar-refractivity contribution is 7.89. The summed E-state index contributed by atoms with van der Waals surface area (Å²) in [5.41, 5.74) is 3.53. The Balaban J connectivity index is 1.52. The fraction of sp³-hybridized carbons (Fsp3) is 0.292. The van der Waals surface area contributed by atoms with E-state index in [1.54, 1.807) is 28.6 Å². The molecule has 1 saturated heterocycles. The van der Waals surface area contributed by atoms with Gasteiger partial charge in [-0.05, 0) is 67.8 Å². The molecule has 1 amide bonds. The predicted molar refractivity (Wildman–Crippen MR) is 129 cm³/mol. The fourth-order valence-electron chi connectivity index (χ4n) is 3.82. The van der Waals surface area contributed by atoms with Crippen molar-refractivity contribution in [2.75, 3.05) is 23.7 Å². The lowest BCUT2D eigenvalue weighted by atomic mass is 10.1. The average Bonchev–Trinajstić information content (AvgIpc) is 2.81. The average molecular weight is 466 g/mol. The molecular formula is C24H27N5O3S. The van der Waals surface area contributed by atoms with E-state index in [4.69, 9.17) is 0 Å². The smallest absolute Gasteiger partial charge is 0.243 e. The first-order valence-corrected chi connectivity index (χ1v) is 12.4. The Kier molecular flexibility index (Phi) is 6.71. The van der Waals surface area contributed by atoms with Gasteiger partial charge in [-0.25, -0.2) is 8.42 Å². The maximum Gasteiger partial charge on any atom is 0.243 e. The van der Waals surface area contributed by atoms with Crippen LogP contribution in [0, 0.1) is 6.92 Å². The first kappa shape index (κ1) is 22.9. The summed E-state index contributed by atoms with van der Waals surface area (Å²) >= 11 is 0. The third-order valence-electron chi connectivity index (χ3n) is 5.56. The van der Waals surface area contributed by atoms with Crippen LogP contribution >= 0.6 is 0 Å². The van der Waals surface area contributed by atoms with E-state index in [1.165, 1.54) is 6.92 Å². The standard InChI is InChI=1S/C24H27N5O3S/c1-17-6-7-19(16-23(17)33(31,32)29-14-4-3-5-15-29)22-12-13-24(28-27-22)26-21-10-8-20(9-11-21)25-18(2)30/h6-13,16H,3-5,14-15H2,1-2H3,(H,25,30)(H,26,28). The van der Waals surface area contributed by atoms with E-state index in [1.807, 2.05) is 37.3 Å². The van der Waals surface area contributed by atoms with Crippen LogP contribution in [0.1, 0.15) is 31.7 Å². The number of sulfonamides is 1. The zero-order valence-electron chi connectivity index (χ0n) is 18.7. The van der Waals surface area contributed by atoms with E-state index in [-0.39, 0.29) is 5.91 Å². The largest absolute Gasteiger partial charge is 0.339 e. The van der Waals surface area contributed by atoms with E-state index in [0.29, 0.717) is 40.7 Å². The van der Waals surface area contributed by atoms with Gasteiger partial charge in [0.25, 0.3) is 0 Å². The number of carbonyl (C=O) groups excluding carboxylic acids is 1. The van der Waals surface area contributed by atoms with Crippen LogP contribution in [0.5, 0.6) is 0 Å². The number of carbonyl (C=O) groups is 1. The molecule has 0 atom stereocenters. The lowest BCUT2D eigenvalue weighted by Gasteiger charge is -2.26. The Morgan fingerprint density at radius 3 is 2.24 bits per heavy atom. The van der Waals surface area contributed by atoms with Gasteiger partial charge in [-0.3, -0.25) is 4.79 Å². The molecule has 1 aliphatic heterocycles. The van der Waals surface area contributed by atoms with E-state index in [9.17, 15) is 13.2 Å². The second kappa shape index (κ2) is 9.68. The molecule has 9 heteroatoms. The number of nitrogens with zero attached hydrogens (tertiary/aromatic N) is 3. The summed E-state index contributed by atoms with van der Waals surface area (Å²) in [5.74, 6) is 0.430. The van der Waals surface area contributed by atoms with Crippen LogP contribution in [-0.4, -0.2) is 41.9 Å². The number of aromatic nitrogens is 2. The highest BCUT2D eigenvalue weighted by Gasteiger charge is 2.27. The lowest BCUT2D eigenvalue weighted by Crippen LogP contribution is -2.35. The number of hydrogen-bond acceptors (Lipinski definition) is 6. The molecule has 4 rings (SSSR count). The van der Waals surface area contributed by atoms with Gasteiger partial charge in [0.1, 0.15) is 0 Å². The van der Waals surface area contributed by atoms with Crippen molar-refractivity contribution in [1.82, 2.24) is 14.5 Å². The maximum absolute atomic E-state index is 13.2. The van der Waals surface area contributed by atoms with Gasteiger partial charge in [0.15, 0.2) is 5.82 Å². The van der Waals surface area contributed by atoms with Gasteiger partial charge in [-0.2, -0.15) is 4.31 Å². The van der Waals surface area contributed by atoms with E-state index >= 15 is 0 Å². The minimum Gasteiger partial charge on any atom is -0.339 e. The molecule has 2 heterocycles. The quantitative estimate of drug-likeness (QED) is 0.562. The molecule has 33 heavy (non-hydrogen) atoms. The molecule has 0 unspecified atom stereocenters. The maximum atomic E-state index is 13.2. The second-order valence-electron chi connectivity index (χ2n) is 8.13. The monoisotopic (exact) mass is 465 g/mol. The molecule has 1 fully saturated rings. The van der Waals surface area contributed by atoms with Gasteiger partial charge < -0.3 is 10.6 Å². The van der Waals surface area contributed by atoms with Gasteiger partial charge in [-0.1, -0.05) is 18.6 Å². The van der Waals surface area contributed by atoms with Gasteiger partial charge >= 0.3 is 0 Å². The minimum atomic E-state index is -3.54. The zero-order valence-corrected chi connectivity index (χ0v) is 19.5. The summed E-state index contributed by atoms with van der Waals surface area (Å²) in [6.45, 7) is 4.41. The first-order valence-electron chi connectivity index (χ1n) is 10.9. The lowest BCUT2D eigenvalue weighted by molar-refractivity contribution is -0.114. The van der Waals surface area contributed by atoms with Crippen molar-refractivity contribution < 1.29 is 13.2 Å². The zero-order chi connectivity index (χ0) is 23.4. The second-order valence-corrected chi connectivity index (χ2v) is 10.0. The van der Waals surface area contributed by atoms with Crippen molar-refractivity contribution in [3.63, 3.8) is 0 Å². The summed E-state index contributed by atoms with van der Waals surface area (Å²) in [6, 6.07) is 16.2. The molecular weight excluding hydrogens is 438 g/mol. The number of anilines is 3. The summed E-state index contributed by atoms with van der Waals surface area (Å²) in [4.78, 5) is 11.5. The van der Waals surface area contributed by atoms with Crippen LogP contribution in [-0.2, 0) is 14.8 Å². The van der Waals surface area contributed by atoms with E-state index in [0.717, 1.165) is 30.5 Å². The molecule has 2 aromatic carbocycles. The van der Waals surface area contributed by atoms with Crippen molar-refractivity contribution in [1.29, 1.82) is 0 Å². The fourth-order valence-corrected chi connectivity index (χ4v) is 5.59. The molecule has 0 spiro atoms. The van der Waals surface area contributed by atoms with Crippen molar-refractivity contribution in [2.24, 2.45) is 0 Å². The highest BCUT2D eigenvalue weighted by atomic mass is 32.2.